The molecule has 0 radical (unpaired) electrons. The Bertz CT molecular complexity index is 1400. The van der Waals surface area contributed by atoms with E-state index in [0.29, 0.717) is 44.4 Å². The molecule has 2 saturated heterocycles. The molecule has 3 aromatic carbocycles. The smallest absolute Gasteiger partial charge is 0.243 e. The van der Waals surface area contributed by atoms with Crippen LogP contribution in [0.15, 0.2) is 77.7 Å². The molecule has 2 unspecified atom stereocenters. The highest BCUT2D eigenvalue weighted by Crippen LogP contribution is 2.30. The van der Waals surface area contributed by atoms with Crippen LogP contribution in [0.5, 0.6) is 0 Å². The van der Waals surface area contributed by atoms with Gasteiger partial charge in [0.25, 0.3) is 0 Å². The van der Waals surface area contributed by atoms with Crippen LogP contribution in [-0.4, -0.2) is 62.2 Å². The van der Waals surface area contributed by atoms with Gasteiger partial charge >= 0.3 is 0 Å². The maximum absolute atomic E-state index is 13.7. The Morgan fingerprint density at radius 2 is 1.54 bits per heavy atom. The van der Waals surface area contributed by atoms with Crippen LogP contribution in [0, 0.1) is 11.8 Å². The maximum Gasteiger partial charge on any atom is 0.243 e. The van der Waals surface area contributed by atoms with Gasteiger partial charge in [0.2, 0.25) is 21.8 Å². The topological polar surface area (TPSA) is 86.8 Å². The molecule has 0 saturated carbocycles. The van der Waals surface area contributed by atoms with E-state index < -0.39 is 15.9 Å². The van der Waals surface area contributed by atoms with Gasteiger partial charge in [-0.05, 0) is 55.5 Å². The molecular formula is C31H37N3O4S. The van der Waals surface area contributed by atoms with E-state index in [1.807, 2.05) is 48.5 Å². The summed E-state index contributed by atoms with van der Waals surface area (Å²) in [6.45, 7) is 2.21. The lowest BCUT2D eigenvalue weighted by atomic mass is 9.93. The number of hydrogen-bond donors (Lipinski definition) is 1. The maximum atomic E-state index is 13.7. The predicted octanol–water partition coefficient (Wildman–Crippen LogP) is 4.23. The van der Waals surface area contributed by atoms with E-state index in [0.717, 1.165) is 31.1 Å². The summed E-state index contributed by atoms with van der Waals surface area (Å²) < 4.78 is 28.8. The van der Waals surface area contributed by atoms with Gasteiger partial charge < -0.3 is 10.2 Å². The van der Waals surface area contributed by atoms with Crippen LogP contribution in [-0.2, 0) is 26.0 Å². The van der Waals surface area contributed by atoms with E-state index in [4.69, 9.17) is 0 Å². The molecule has 39 heavy (non-hydrogen) atoms. The number of sulfonamides is 1. The predicted molar refractivity (Wildman–Crippen MR) is 153 cm³/mol. The summed E-state index contributed by atoms with van der Waals surface area (Å²) in [6, 6.07) is 23.0. The van der Waals surface area contributed by atoms with Crippen molar-refractivity contribution in [2.45, 2.75) is 43.4 Å². The first kappa shape index (κ1) is 27.3. The highest BCUT2D eigenvalue weighted by Gasteiger charge is 2.37. The zero-order valence-corrected chi connectivity index (χ0v) is 23.1. The second-order valence-electron chi connectivity index (χ2n) is 10.7. The second-order valence-corrected chi connectivity index (χ2v) is 12.6. The molecule has 2 aliphatic heterocycles. The van der Waals surface area contributed by atoms with Crippen LogP contribution in [0.2, 0.25) is 0 Å². The van der Waals surface area contributed by atoms with Crippen LogP contribution in [0.3, 0.4) is 0 Å². The standard InChI is InChI=1S/C31H37N3O4S/c35-30(32-19-7-12-24-10-2-1-3-11-24)26-15-8-20-33(22-26)31(36)27-16-9-21-34(23-27)39(37,38)29-18-6-14-25-13-4-5-17-28(25)29/h1-6,10-11,13-14,17-18,26-27H,7-9,12,15-16,19-23H2,(H,32,35). The second kappa shape index (κ2) is 12.3. The normalized spacial score (nSPS) is 20.6. The Kier molecular flexibility index (Phi) is 8.63. The number of nitrogens with one attached hydrogen (secondary N) is 1. The molecule has 0 spiro atoms. The van der Waals surface area contributed by atoms with E-state index in [1.54, 1.807) is 17.0 Å². The molecule has 0 aliphatic carbocycles. The lowest BCUT2D eigenvalue weighted by molar-refractivity contribution is -0.140. The van der Waals surface area contributed by atoms with Gasteiger partial charge in [0.05, 0.1) is 16.7 Å². The van der Waals surface area contributed by atoms with Crippen molar-refractivity contribution in [2.24, 2.45) is 11.8 Å². The van der Waals surface area contributed by atoms with Crippen LogP contribution in [0.25, 0.3) is 10.8 Å². The lowest BCUT2D eigenvalue weighted by Gasteiger charge is -2.37. The Hall–Kier alpha value is -3.23. The average Bonchev–Trinajstić information content (AvgIpc) is 2.99. The van der Waals surface area contributed by atoms with E-state index in [9.17, 15) is 18.0 Å². The number of carbonyl (C=O) groups is 2. The minimum Gasteiger partial charge on any atom is -0.356 e. The summed E-state index contributed by atoms with van der Waals surface area (Å²) in [6.07, 6.45) is 4.62. The summed E-state index contributed by atoms with van der Waals surface area (Å²) in [4.78, 5) is 28.5. The molecular weight excluding hydrogens is 510 g/mol. The number of amides is 2. The Morgan fingerprint density at radius 1 is 0.821 bits per heavy atom. The molecule has 2 aliphatic rings. The number of fused-ring (bicyclic) bond motifs is 1. The third kappa shape index (κ3) is 6.34. The van der Waals surface area contributed by atoms with Crippen LogP contribution >= 0.6 is 0 Å². The first-order chi connectivity index (χ1) is 18.9. The van der Waals surface area contributed by atoms with Gasteiger partial charge in [-0.2, -0.15) is 4.31 Å². The van der Waals surface area contributed by atoms with Crippen LogP contribution < -0.4 is 5.32 Å². The Labute approximate surface area is 231 Å². The van der Waals surface area contributed by atoms with Crippen LogP contribution in [0.1, 0.15) is 37.7 Å². The van der Waals surface area contributed by atoms with Gasteiger partial charge in [0, 0.05) is 38.1 Å². The molecule has 2 atom stereocenters. The van der Waals surface area contributed by atoms with E-state index in [1.165, 1.54) is 9.87 Å². The SMILES string of the molecule is O=C(NCCCc1ccccc1)C1CCCN(C(=O)C2CCCN(S(=O)(=O)c3cccc4ccccc34)C2)C1. The third-order valence-corrected chi connectivity index (χ3v) is 9.91. The Morgan fingerprint density at radius 3 is 2.38 bits per heavy atom. The van der Waals surface area contributed by atoms with E-state index >= 15 is 0 Å². The molecule has 7 nitrogen and oxygen atoms in total. The quantitative estimate of drug-likeness (QED) is 0.428. The average molecular weight is 548 g/mol. The van der Waals surface area contributed by atoms with Crippen molar-refractivity contribution in [2.75, 3.05) is 32.7 Å². The summed E-state index contributed by atoms with van der Waals surface area (Å²) >= 11 is 0. The number of likely N-dealkylation sites (tertiary alicyclic amines) is 1. The minimum absolute atomic E-state index is 0.00404. The van der Waals surface area contributed by atoms with Crippen molar-refractivity contribution in [3.05, 3.63) is 78.4 Å². The number of aryl methyl sites for hydroxylation is 1. The summed E-state index contributed by atoms with van der Waals surface area (Å²) in [5.74, 6) is -0.645. The largest absolute Gasteiger partial charge is 0.356 e. The van der Waals surface area contributed by atoms with Gasteiger partial charge in [0.15, 0.2) is 0 Å². The van der Waals surface area contributed by atoms with Gasteiger partial charge in [-0.25, -0.2) is 8.42 Å². The number of carbonyl (C=O) groups excluding carboxylic acids is 2. The minimum atomic E-state index is -3.74. The summed E-state index contributed by atoms with van der Waals surface area (Å²) in [5, 5.41) is 4.63. The van der Waals surface area contributed by atoms with Gasteiger partial charge in [-0.15, -0.1) is 0 Å². The molecule has 5 rings (SSSR count). The highest BCUT2D eigenvalue weighted by atomic mass is 32.2. The van der Waals surface area contributed by atoms with Gasteiger partial charge in [-0.1, -0.05) is 66.7 Å². The summed E-state index contributed by atoms with van der Waals surface area (Å²) in [5.41, 5.74) is 1.25. The number of benzene rings is 3. The fourth-order valence-corrected chi connectivity index (χ4v) is 7.60. The fourth-order valence-electron chi connectivity index (χ4n) is 5.86. The molecule has 3 aromatic rings. The van der Waals surface area contributed by atoms with Crippen molar-refractivity contribution in [3.8, 4) is 0 Å². The molecule has 8 heteroatoms. The first-order valence-electron chi connectivity index (χ1n) is 14.0. The first-order valence-corrected chi connectivity index (χ1v) is 15.5. The van der Waals surface area contributed by atoms with Crippen molar-refractivity contribution in [1.29, 1.82) is 0 Å². The number of piperidine rings is 2. The number of nitrogens with zero attached hydrogens (tertiary/aromatic N) is 2. The van der Waals surface area contributed by atoms with Crippen molar-refractivity contribution < 1.29 is 18.0 Å². The molecule has 2 amide bonds. The molecule has 0 bridgehead atoms. The molecule has 1 N–H and O–H groups in total. The zero-order valence-electron chi connectivity index (χ0n) is 22.3. The van der Waals surface area contributed by atoms with Gasteiger partial charge in [-0.3, -0.25) is 9.59 Å². The van der Waals surface area contributed by atoms with E-state index in [-0.39, 0.29) is 29.2 Å². The van der Waals surface area contributed by atoms with Crippen molar-refractivity contribution in [3.63, 3.8) is 0 Å². The number of rotatable bonds is 8. The monoisotopic (exact) mass is 547 g/mol. The number of hydrogen-bond acceptors (Lipinski definition) is 4. The van der Waals surface area contributed by atoms with Gasteiger partial charge in [0.1, 0.15) is 0 Å². The lowest BCUT2D eigenvalue weighted by Crippen LogP contribution is -2.51. The zero-order chi connectivity index (χ0) is 27.2. The molecule has 206 valence electrons. The highest BCUT2D eigenvalue weighted by molar-refractivity contribution is 7.89. The summed E-state index contributed by atoms with van der Waals surface area (Å²) in [7, 11) is -3.74. The Balaban J connectivity index is 1.18. The molecule has 0 aromatic heterocycles. The van der Waals surface area contributed by atoms with Crippen molar-refractivity contribution >= 4 is 32.6 Å². The fraction of sp³-hybridized carbons (Fsp3) is 0.419. The van der Waals surface area contributed by atoms with E-state index in [2.05, 4.69) is 17.4 Å². The third-order valence-electron chi connectivity index (χ3n) is 7.99. The molecule has 2 heterocycles. The van der Waals surface area contributed by atoms with Crippen LogP contribution in [0.4, 0.5) is 0 Å². The molecule has 2 fully saturated rings. The van der Waals surface area contributed by atoms with Crippen molar-refractivity contribution in [1.82, 2.24) is 14.5 Å².